The van der Waals surface area contributed by atoms with Crippen LogP contribution in [-0.2, 0) is 5.54 Å². The van der Waals surface area contributed by atoms with E-state index in [-0.39, 0.29) is 11.4 Å². The molecule has 1 fully saturated rings. The highest BCUT2D eigenvalue weighted by Crippen LogP contribution is 2.28. The fourth-order valence-electron chi connectivity index (χ4n) is 4.38. The molecule has 8 nitrogen and oxygen atoms in total. The van der Waals surface area contributed by atoms with Gasteiger partial charge in [0.05, 0.1) is 11.2 Å². The lowest BCUT2D eigenvalue weighted by Gasteiger charge is -2.43. The molecule has 0 atom stereocenters. The lowest BCUT2D eigenvalue weighted by molar-refractivity contribution is 0.0579. The van der Waals surface area contributed by atoms with Gasteiger partial charge in [-0.25, -0.2) is 4.98 Å². The Morgan fingerprint density at radius 1 is 1.03 bits per heavy atom. The lowest BCUT2D eigenvalue weighted by Crippen LogP contribution is -2.52. The Morgan fingerprint density at radius 3 is 2.51 bits per heavy atom. The molecule has 0 unspecified atom stereocenters. The van der Waals surface area contributed by atoms with Crippen LogP contribution in [0.5, 0.6) is 0 Å². The molecule has 4 rings (SSSR count). The molecule has 8 heteroatoms. The van der Waals surface area contributed by atoms with E-state index in [1.807, 2.05) is 30.3 Å². The summed E-state index contributed by atoms with van der Waals surface area (Å²) in [5, 5.41) is 15.5. The number of hydrogen-bond acceptors (Lipinski definition) is 7. The molecule has 3 aromatic rings. The SMILES string of the molecule is CN/C=C(\C=N)c1ccc2cnc(NC(=O)c3ccnc(C(C)(C)N4CCN(C)CC4)c3)cc2c1. The van der Waals surface area contributed by atoms with E-state index in [4.69, 9.17) is 5.41 Å². The molecule has 1 aliphatic rings. The number of fused-ring (bicyclic) bond motifs is 1. The van der Waals surface area contributed by atoms with Crippen molar-refractivity contribution in [1.29, 1.82) is 5.41 Å². The normalized spacial score (nSPS) is 15.7. The van der Waals surface area contributed by atoms with Crippen molar-refractivity contribution < 1.29 is 4.79 Å². The molecule has 0 spiro atoms. The summed E-state index contributed by atoms with van der Waals surface area (Å²) in [6.07, 6.45) is 6.54. The highest BCUT2D eigenvalue weighted by Gasteiger charge is 2.32. The van der Waals surface area contributed by atoms with E-state index in [0.29, 0.717) is 11.4 Å². The number of carbonyl (C=O) groups excluding carboxylic acids is 1. The van der Waals surface area contributed by atoms with Crippen molar-refractivity contribution in [3.05, 3.63) is 71.8 Å². The Balaban J connectivity index is 1.55. The monoisotopic (exact) mass is 471 g/mol. The predicted molar refractivity (Wildman–Crippen MR) is 142 cm³/mol. The maximum Gasteiger partial charge on any atom is 0.256 e. The second-order valence-electron chi connectivity index (χ2n) is 9.40. The van der Waals surface area contributed by atoms with Gasteiger partial charge in [0.15, 0.2) is 0 Å². The van der Waals surface area contributed by atoms with Gasteiger partial charge in [-0.3, -0.25) is 14.7 Å². The molecule has 0 saturated carbocycles. The first-order valence-corrected chi connectivity index (χ1v) is 11.8. The average molecular weight is 472 g/mol. The quantitative estimate of drug-likeness (QED) is 0.456. The molecule has 1 amide bonds. The highest BCUT2D eigenvalue weighted by molar-refractivity contribution is 6.09. The lowest BCUT2D eigenvalue weighted by atomic mass is 9.95. The number of pyridine rings is 2. The molecule has 0 bridgehead atoms. The molecule has 3 heterocycles. The van der Waals surface area contributed by atoms with Crippen molar-refractivity contribution in [2.24, 2.45) is 0 Å². The van der Waals surface area contributed by atoms with Crippen molar-refractivity contribution >= 4 is 34.3 Å². The summed E-state index contributed by atoms with van der Waals surface area (Å²) in [5.41, 5.74) is 2.83. The first-order valence-electron chi connectivity index (χ1n) is 11.8. The Kier molecular flexibility index (Phi) is 7.23. The number of aromatic nitrogens is 2. The van der Waals surface area contributed by atoms with Gasteiger partial charge in [0, 0.05) is 74.6 Å². The Morgan fingerprint density at radius 2 is 1.80 bits per heavy atom. The first-order chi connectivity index (χ1) is 16.8. The van der Waals surface area contributed by atoms with E-state index in [1.54, 1.807) is 31.7 Å². The summed E-state index contributed by atoms with van der Waals surface area (Å²) in [5.74, 6) is 0.256. The van der Waals surface area contributed by atoms with Crippen LogP contribution in [0.1, 0.15) is 35.5 Å². The standard InChI is InChI=1S/C27H33N7O/c1-27(2,34-11-9-33(4)10-12-34)24-14-20(7-8-30-24)26(35)32-25-15-22-13-19(23(16-28)17-29-3)5-6-21(22)18-31-25/h5-8,13-18,28-29H,9-12H2,1-4H3,(H,31,32,35)/b23-17+,28-16?. The largest absolute Gasteiger partial charge is 0.393 e. The van der Waals surface area contributed by atoms with Crippen LogP contribution in [0.2, 0.25) is 0 Å². The molecule has 182 valence electrons. The van der Waals surface area contributed by atoms with Gasteiger partial charge in [0.2, 0.25) is 0 Å². The maximum absolute atomic E-state index is 13.1. The van der Waals surface area contributed by atoms with E-state index in [2.05, 4.69) is 51.3 Å². The van der Waals surface area contributed by atoms with Crippen molar-refractivity contribution in [2.45, 2.75) is 19.4 Å². The maximum atomic E-state index is 13.1. The summed E-state index contributed by atoms with van der Waals surface area (Å²) in [4.78, 5) is 26.9. The van der Waals surface area contributed by atoms with Gasteiger partial charge in [-0.05, 0) is 56.1 Å². The Hall–Kier alpha value is -3.62. The number of likely N-dealkylation sites (N-methyl/N-ethyl adjacent to an activating group) is 1. The number of nitrogens with one attached hydrogen (secondary N) is 3. The minimum absolute atomic E-state index is 0.221. The van der Waals surface area contributed by atoms with Crippen LogP contribution >= 0.6 is 0 Å². The molecular formula is C27H33N7O. The van der Waals surface area contributed by atoms with E-state index < -0.39 is 0 Å². The first kappa shape index (κ1) is 24.5. The average Bonchev–Trinajstić information content (AvgIpc) is 2.87. The van der Waals surface area contributed by atoms with Gasteiger partial charge in [0.1, 0.15) is 5.82 Å². The third-order valence-corrected chi connectivity index (χ3v) is 6.69. The van der Waals surface area contributed by atoms with Crippen molar-refractivity contribution in [2.75, 3.05) is 45.6 Å². The van der Waals surface area contributed by atoms with E-state index in [1.165, 1.54) is 6.21 Å². The zero-order chi connectivity index (χ0) is 25.0. The fourth-order valence-corrected chi connectivity index (χ4v) is 4.38. The Labute approximate surface area is 206 Å². The van der Waals surface area contributed by atoms with Crippen molar-refractivity contribution in [1.82, 2.24) is 25.1 Å². The van der Waals surface area contributed by atoms with Crippen LogP contribution in [0.4, 0.5) is 5.82 Å². The predicted octanol–water partition coefficient (Wildman–Crippen LogP) is 3.57. The number of hydrogen-bond donors (Lipinski definition) is 3. The highest BCUT2D eigenvalue weighted by atomic mass is 16.1. The molecule has 0 radical (unpaired) electrons. The molecule has 2 aromatic heterocycles. The number of anilines is 1. The van der Waals surface area contributed by atoms with Crippen LogP contribution in [0.3, 0.4) is 0 Å². The Bertz CT molecular complexity index is 1260. The number of carbonyl (C=O) groups is 1. The summed E-state index contributed by atoms with van der Waals surface area (Å²) < 4.78 is 0. The fraction of sp³-hybridized carbons (Fsp3) is 0.333. The summed E-state index contributed by atoms with van der Waals surface area (Å²) in [6, 6.07) is 11.4. The van der Waals surface area contributed by atoms with Gasteiger partial charge in [-0.15, -0.1) is 0 Å². The third-order valence-electron chi connectivity index (χ3n) is 6.69. The summed E-state index contributed by atoms with van der Waals surface area (Å²) in [6.45, 7) is 8.30. The number of rotatable bonds is 7. The van der Waals surface area contributed by atoms with Crippen LogP contribution in [0.15, 0.2) is 55.0 Å². The summed E-state index contributed by atoms with van der Waals surface area (Å²) in [7, 11) is 3.94. The van der Waals surface area contributed by atoms with Crippen LogP contribution in [0.25, 0.3) is 16.3 Å². The number of amides is 1. The van der Waals surface area contributed by atoms with E-state index >= 15 is 0 Å². The molecular weight excluding hydrogens is 438 g/mol. The molecule has 35 heavy (non-hydrogen) atoms. The second-order valence-corrected chi connectivity index (χ2v) is 9.40. The second kappa shape index (κ2) is 10.3. The minimum Gasteiger partial charge on any atom is -0.393 e. The van der Waals surface area contributed by atoms with Gasteiger partial charge in [-0.1, -0.05) is 12.1 Å². The smallest absolute Gasteiger partial charge is 0.256 e. The van der Waals surface area contributed by atoms with E-state index in [9.17, 15) is 4.79 Å². The number of nitrogens with zero attached hydrogens (tertiary/aromatic N) is 4. The molecule has 1 aromatic carbocycles. The zero-order valence-electron chi connectivity index (χ0n) is 20.8. The van der Waals surface area contributed by atoms with Gasteiger partial charge in [-0.2, -0.15) is 0 Å². The van der Waals surface area contributed by atoms with Crippen molar-refractivity contribution in [3.8, 4) is 0 Å². The van der Waals surface area contributed by atoms with E-state index in [0.717, 1.165) is 53.8 Å². The number of benzene rings is 1. The van der Waals surface area contributed by atoms with Crippen LogP contribution in [0, 0.1) is 5.41 Å². The van der Waals surface area contributed by atoms with Gasteiger partial charge < -0.3 is 20.9 Å². The number of allylic oxidation sites excluding steroid dienone is 1. The van der Waals surface area contributed by atoms with Gasteiger partial charge in [0.25, 0.3) is 5.91 Å². The third kappa shape index (κ3) is 5.39. The molecule has 1 aliphatic heterocycles. The zero-order valence-corrected chi connectivity index (χ0v) is 20.8. The van der Waals surface area contributed by atoms with Crippen molar-refractivity contribution in [3.63, 3.8) is 0 Å². The van der Waals surface area contributed by atoms with Crippen LogP contribution < -0.4 is 10.6 Å². The molecule has 3 N–H and O–H groups in total. The summed E-state index contributed by atoms with van der Waals surface area (Å²) >= 11 is 0. The topological polar surface area (TPSA) is 97.2 Å². The van der Waals surface area contributed by atoms with Gasteiger partial charge >= 0.3 is 0 Å². The molecule has 1 saturated heterocycles. The molecule has 0 aliphatic carbocycles. The number of piperazine rings is 1. The van der Waals surface area contributed by atoms with Crippen LogP contribution in [-0.4, -0.2) is 72.2 Å². The minimum atomic E-state index is -0.275.